The highest BCUT2D eigenvalue weighted by Gasteiger charge is 2.28. The maximum absolute atomic E-state index is 12.5. The Kier molecular flexibility index (Phi) is 3.72. The fourth-order valence-corrected chi connectivity index (χ4v) is 4.30. The summed E-state index contributed by atoms with van der Waals surface area (Å²) in [6.07, 6.45) is 11.9. The number of rotatable bonds is 3. The van der Waals surface area contributed by atoms with Crippen LogP contribution in [0.2, 0.25) is 0 Å². The molecule has 0 amide bonds. The second-order valence-corrected chi connectivity index (χ2v) is 7.25. The summed E-state index contributed by atoms with van der Waals surface area (Å²) in [5, 5.41) is 9.00. The van der Waals surface area contributed by atoms with Crippen molar-refractivity contribution in [1.29, 1.82) is 0 Å². The summed E-state index contributed by atoms with van der Waals surface area (Å²) in [5.41, 5.74) is 3.28. The Labute approximate surface area is 151 Å². The van der Waals surface area contributed by atoms with E-state index in [1.54, 1.807) is 23.1 Å². The molecule has 4 heterocycles. The van der Waals surface area contributed by atoms with E-state index in [-0.39, 0.29) is 11.6 Å². The molecule has 1 atom stereocenters. The second kappa shape index (κ2) is 6.23. The summed E-state index contributed by atoms with van der Waals surface area (Å²) in [6.45, 7) is 1.56. The minimum atomic E-state index is 0.0213. The van der Waals surface area contributed by atoms with E-state index in [1.165, 1.54) is 6.42 Å². The number of fused-ring (bicyclic) bond motifs is 2. The van der Waals surface area contributed by atoms with Gasteiger partial charge >= 0.3 is 0 Å². The van der Waals surface area contributed by atoms with Crippen LogP contribution in [0, 0.1) is 0 Å². The Morgan fingerprint density at radius 1 is 1.15 bits per heavy atom. The summed E-state index contributed by atoms with van der Waals surface area (Å²) >= 11 is 0. The van der Waals surface area contributed by atoms with Crippen molar-refractivity contribution >= 4 is 11.3 Å². The van der Waals surface area contributed by atoms with Gasteiger partial charge in [-0.1, -0.05) is 0 Å². The number of hydrogen-bond donors (Lipinski definition) is 0. The molecule has 1 unspecified atom stereocenters. The lowest BCUT2D eigenvalue weighted by molar-refractivity contribution is 0.472. The molecule has 3 aromatic heterocycles. The van der Waals surface area contributed by atoms with Crippen LogP contribution in [0.4, 0.5) is 5.82 Å². The third kappa shape index (κ3) is 2.58. The maximum atomic E-state index is 12.5. The van der Waals surface area contributed by atoms with Crippen molar-refractivity contribution in [2.75, 3.05) is 11.4 Å². The lowest BCUT2D eigenvalue weighted by Gasteiger charge is -2.27. The molecule has 1 saturated heterocycles. The predicted octanol–water partition coefficient (Wildman–Crippen LogP) is 1.83. The van der Waals surface area contributed by atoms with Crippen LogP contribution in [-0.4, -0.2) is 37.0 Å². The Balaban J connectivity index is 1.47. The molecule has 1 aliphatic carbocycles. The van der Waals surface area contributed by atoms with Crippen LogP contribution in [0.1, 0.15) is 36.9 Å². The maximum Gasteiger partial charge on any atom is 0.267 e. The first-order chi connectivity index (χ1) is 12.8. The number of aryl methyl sites for hydroxylation is 2. The van der Waals surface area contributed by atoms with E-state index >= 15 is 0 Å². The van der Waals surface area contributed by atoms with Crippen molar-refractivity contribution in [2.45, 2.75) is 51.1 Å². The first-order valence-corrected chi connectivity index (χ1v) is 9.44. The van der Waals surface area contributed by atoms with Gasteiger partial charge in [-0.2, -0.15) is 10.2 Å². The van der Waals surface area contributed by atoms with Crippen LogP contribution >= 0.6 is 0 Å². The molecule has 1 aliphatic heterocycles. The molecule has 5 rings (SSSR count). The fraction of sp³-hybridized carbons (Fsp3) is 0.474. The number of aromatic nitrogens is 5. The van der Waals surface area contributed by atoms with Gasteiger partial charge in [-0.15, -0.1) is 0 Å². The Bertz CT molecular complexity index is 1010. The van der Waals surface area contributed by atoms with Crippen LogP contribution in [0.5, 0.6) is 0 Å². The molecule has 7 heteroatoms. The lowest BCUT2D eigenvalue weighted by atomic mass is 9.97. The van der Waals surface area contributed by atoms with Crippen LogP contribution in [0.3, 0.4) is 0 Å². The van der Waals surface area contributed by atoms with E-state index in [1.807, 2.05) is 16.8 Å². The molecule has 2 aliphatic rings. The highest BCUT2D eigenvalue weighted by molar-refractivity contribution is 5.68. The van der Waals surface area contributed by atoms with Gasteiger partial charge in [0.15, 0.2) is 5.82 Å². The van der Waals surface area contributed by atoms with E-state index < -0.39 is 0 Å². The summed E-state index contributed by atoms with van der Waals surface area (Å²) < 4.78 is 3.52. The molecule has 0 N–H and O–H groups in total. The molecule has 7 nitrogen and oxygen atoms in total. The van der Waals surface area contributed by atoms with Crippen LogP contribution < -0.4 is 10.5 Å². The molecule has 0 spiro atoms. The third-order valence-corrected chi connectivity index (χ3v) is 5.61. The molecule has 1 fully saturated rings. The number of nitrogens with zero attached hydrogens (tertiary/aromatic N) is 6. The molecule has 0 bridgehead atoms. The zero-order valence-corrected chi connectivity index (χ0v) is 14.7. The highest BCUT2D eigenvalue weighted by atomic mass is 16.1. The first-order valence-electron chi connectivity index (χ1n) is 9.44. The minimum Gasteiger partial charge on any atom is -0.350 e. The first kappa shape index (κ1) is 15.5. The fourth-order valence-electron chi connectivity index (χ4n) is 4.30. The van der Waals surface area contributed by atoms with Gasteiger partial charge in [0.25, 0.3) is 5.56 Å². The van der Waals surface area contributed by atoms with Crippen LogP contribution in [0.15, 0.2) is 35.5 Å². The smallest absolute Gasteiger partial charge is 0.267 e. The minimum absolute atomic E-state index is 0.0213. The van der Waals surface area contributed by atoms with Crippen molar-refractivity contribution in [3.05, 3.63) is 52.3 Å². The molecule has 3 aromatic rings. The van der Waals surface area contributed by atoms with Gasteiger partial charge < -0.3 is 4.90 Å². The second-order valence-electron chi connectivity index (χ2n) is 7.25. The van der Waals surface area contributed by atoms with Gasteiger partial charge in [0, 0.05) is 25.0 Å². The monoisotopic (exact) mass is 350 g/mol. The zero-order valence-electron chi connectivity index (χ0n) is 14.7. The van der Waals surface area contributed by atoms with E-state index in [0.29, 0.717) is 6.54 Å². The van der Waals surface area contributed by atoms with Gasteiger partial charge in [-0.3, -0.25) is 4.79 Å². The van der Waals surface area contributed by atoms with Crippen molar-refractivity contribution in [2.24, 2.45) is 0 Å². The number of hydrogen-bond acceptors (Lipinski definition) is 5. The molecule has 0 saturated carbocycles. The van der Waals surface area contributed by atoms with Crippen LogP contribution in [0.25, 0.3) is 5.52 Å². The SMILES string of the molecule is O=c1cc2c(nn1CC1CCCN1c1nccn3nccc13)CCCC2. The molecule has 0 radical (unpaired) electrons. The third-order valence-electron chi connectivity index (χ3n) is 5.61. The Hall–Kier alpha value is -2.70. The summed E-state index contributed by atoms with van der Waals surface area (Å²) in [6, 6.07) is 4.02. The van der Waals surface area contributed by atoms with Crippen molar-refractivity contribution in [1.82, 2.24) is 24.4 Å². The average Bonchev–Trinajstić information content (AvgIpc) is 3.31. The largest absolute Gasteiger partial charge is 0.350 e. The van der Waals surface area contributed by atoms with E-state index in [9.17, 15) is 4.79 Å². The van der Waals surface area contributed by atoms with Gasteiger partial charge in [-0.25, -0.2) is 14.2 Å². The van der Waals surface area contributed by atoms with Crippen molar-refractivity contribution in [3.63, 3.8) is 0 Å². The van der Waals surface area contributed by atoms with E-state index in [0.717, 1.165) is 61.2 Å². The molecular formula is C19H22N6O. The lowest BCUT2D eigenvalue weighted by Crippen LogP contribution is -2.38. The normalized spacial score (nSPS) is 19.8. The predicted molar refractivity (Wildman–Crippen MR) is 98.5 cm³/mol. The molecular weight excluding hydrogens is 328 g/mol. The van der Waals surface area contributed by atoms with Gasteiger partial charge in [-0.05, 0) is 50.2 Å². The number of anilines is 1. The summed E-state index contributed by atoms with van der Waals surface area (Å²) in [4.78, 5) is 19.5. The Morgan fingerprint density at radius 2 is 2.08 bits per heavy atom. The van der Waals surface area contributed by atoms with Gasteiger partial charge in [0.1, 0.15) is 5.52 Å². The topological polar surface area (TPSA) is 68.3 Å². The Morgan fingerprint density at radius 3 is 3.04 bits per heavy atom. The zero-order chi connectivity index (χ0) is 17.5. The van der Waals surface area contributed by atoms with Gasteiger partial charge in [0.05, 0.1) is 24.5 Å². The van der Waals surface area contributed by atoms with Crippen molar-refractivity contribution < 1.29 is 0 Å². The molecule has 0 aromatic carbocycles. The van der Waals surface area contributed by atoms with Crippen molar-refractivity contribution in [3.8, 4) is 0 Å². The summed E-state index contributed by atoms with van der Waals surface area (Å²) in [5.74, 6) is 0.943. The van der Waals surface area contributed by atoms with Gasteiger partial charge in [0.2, 0.25) is 0 Å². The standard InChI is InChI=1S/C19H22N6O/c26-18-12-14-4-1-2-6-16(14)22-25(18)13-15-5-3-10-23(15)19-17-7-8-21-24(17)11-9-20-19/h7-9,11-12,15H,1-6,10,13H2. The van der Waals surface area contributed by atoms with Crippen LogP contribution in [-0.2, 0) is 19.4 Å². The highest BCUT2D eigenvalue weighted by Crippen LogP contribution is 2.28. The average molecular weight is 350 g/mol. The molecule has 134 valence electrons. The van der Waals surface area contributed by atoms with E-state index in [2.05, 4.69) is 15.0 Å². The molecule has 26 heavy (non-hydrogen) atoms. The summed E-state index contributed by atoms with van der Waals surface area (Å²) in [7, 11) is 0. The van der Waals surface area contributed by atoms with E-state index in [4.69, 9.17) is 5.10 Å². The quantitative estimate of drug-likeness (QED) is 0.721.